The van der Waals surface area contributed by atoms with Crippen LogP contribution in [0.3, 0.4) is 0 Å². The molecule has 0 radical (unpaired) electrons. The summed E-state index contributed by atoms with van der Waals surface area (Å²) in [6, 6.07) is 7.98. The van der Waals surface area contributed by atoms with Crippen LogP contribution < -0.4 is 14.8 Å². The van der Waals surface area contributed by atoms with E-state index >= 15 is 0 Å². The van der Waals surface area contributed by atoms with Crippen LogP contribution in [0.25, 0.3) is 0 Å². The molecular formula is C20H33N3O8S. The molecule has 0 aliphatic carbocycles. The van der Waals surface area contributed by atoms with Gasteiger partial charge in [0.15, 0.2) is 0 Å². The average molecular weight is 476 g/mol. The molecule has 1 aromatic rings. The molecule has 1 unspecified atom stereocenters. The highest BCUT2D eigenvalue weighted by Gasteiger charge is 2.29. The van der Waals surface area contributed by atoms with Crippen molar-refractivity contribution in [2.45, 2.75) is 71.1 Å². The van der Waals surface area contributed by atoms with Gasteiger partial charge >= 0.3 is 22.3 Å². The lowest BCUT2D eigenvalue weighted by atomic mass is 10.1. The van der Waals surface area contributed by atoms with Crippen LogP contribution in [-0.4, -0.2) is 54.8 Å². The van der Waals surface area contributed by atoms with Gasteiger partial charge in [-0.05, 0) is 45.6 Å². The van der Waals surface area contributed by atoms with Crippen molar-refractivity contribution in [1.82, 2.24) is 14.8 Å². The van der Waals surface area contributed by atoms with Gasteiger partial charge in [-0.1, -0.05) is 30.3 Å². The Bertz CT molecular complexity index is 838. The summed E-state index contributed by atoms with van der Waals surface area (Å²) in [6.45, 7) is 6.17. The largest absolute Gasteiger partial charge is 0.480 e. The maximum absolute atomic E-state index is 11.8. The van der Waals surface area contributed by atoms with Crippen LogP contribution in [0.5, 0.6) is 0 Å². The monoisotopic (exact) mass is 475 g/mol. The van der Waals surface area contributed by atoms with Crippen molar-refractivity contribution in [2.75, 3.05) is 6.54 Å². The molecule has 0 saturated carbocycles. The summed E-state index contributed by atoms with van der Waals surface area (Å²) in [5.74, 6) is -3.06. The number of amides is 1. The van der Waals surface area contributed by atoms with E-state index in [0.717, 1.165) is 5.56 Å². The lowest BCUT2D eigenvalue weighted by molar-refractivity contribution is -0.225. The second-order valence-electron chi connectivity index (χ2n) is 8.29. The number of hydrogen-bond donors (Lipinski definition) is 5. The maximum Gasteiger partial charge on any atom is 0.422 e. The topological polar surface area (TPSA) is 163 Å². The molecule has 0 aliphatic heterocycles. The summed E-state index contributed by atoms with van der Waals surface area (Å²) in [7, 11) is -4.10. The number of nitrogens with one attached hydrogen (secondary N) is 3. The van der Waals surface area contributed by atoms with Crippen LogP contribution in [0.2, 0.25) is 0 Å². The Morgan fingerprint density at radius 1 is 1.09 bits per heavy atom. The predicted molar refractivity (Wildman–Crippen MR) is 117 cm³/mol. The van der Waals surface area contributed by atoms with Crippen LogP contribution in [0.4, 0.5) is 4.79 Å². The molecule has 0 aromatic heterocycles. The van der Waals surface area contributed by atoms with Crippen LogP contribution >= 0.6 is 0 Å². The van der Waals surface area contributed by atoms with Gasteiger partial charge in [-0.15, -0.1) is 0 Å². The van der Waals surface area contributed by atoms with E-state index in [-0.39, 0.29) is 19.6 Å². The van der Waals surface area contributed by atoms with Crippen LogP contribution in [0.15, 0.2) is 30.3 Å². The summed E-state index contributed by atoms with van der Waals surface area (Å²) >= 11 is 0. The van der Waals surface area contributed by atoms with Crippen LogP contribution in [-0.2, 0) is 31.1 Å². The van der Waals surface area contributed by atoms with Gasteiger partial charge in [0.25, 0.3) is 0 Å². The molecular weight excluding hydrogens is 442 g/mol. The molecule has 0 heterocycles. The number of carbonyl (C=O) groups is 2. The van der Waals surface area contributed by atoms with Crippen molar-refractivity contribution >= 4 is 22.3 Å². The molecule has 32 heavy (non-hydrogen) atoms. The molecule has 1 rings (SSSR count). The second-order valence-corrected chi connectivity index (χ2v) is 9.79. The third-order valence-corrected chi connectivity index (χ3v) is 4.95. The summed E-state index contributed by atoms with van der Waals surface area (Å²) < 4.78 is 37.8. The molecule has 0 aliphatic rings. The van der Waals surface area contributed by atoms with E-state index in [1.165, 1.54) is 6.92 Å². The lowest BCUT2D eigenvalue weighted by Gasteiger charge is -2.28. The number of rotatable bonds is 13. The smallest absolute Gasteiger partial charge is 0.422 e. The number of aliphatic carboxylic acids is 1. The second kappa shape index (κ2) is 12.1. The van der Waals surface area contributed by atoms with E-state index in [1.54, 1.807) is 25.5 Å². The number of carbonyl (C=O) groups excluding carboxylic acids is 1. The highest BCUT2D eigenvalue weighted by molar-refractivity contribution is 7.88. The molecule has 0 bridgehead atoms. The van der Waals surface area contributed by atoms with Crippen molar-refractivity contribution < 1.29 is 37.7 Å². The van der Waals surface area contributed by atoms with E-state index in [0.29, 0.717) is 12.8 Å². The maximum atomic E-state index is 11.8. The fourth-order valence-corrected chi connectivity index (χ4v) is 3.29. The number of aliphatic hydroxyl groups is 1. The van der Waals surface area contributed by atoms with E-state index in [4.69, 9.17) is 9.47 Å². The summed E-state index contributed by atoms with van der Waals surface area (Å²) in [6.07, 6.45) is -0.360. The van der Waals surface area contributed by atoms with Crippen LogP contribution in [0.1, 0.15) is 52.5 Å². The van der Waals surface area contributed by atoms with Crippen LogP contribution in [0, 0.1) is 0 Å². The normalized spacial score (nSPS) is 14.9. The Morgan fingerprint density at radius 3 is 2.28 bits per heavy atom. The number of ether oxygens (including phenoxy) is 2. The molecule has 11 nitrogen and oxygen atoms in total. The van der Waals surface area contributed by atoms with E-state index in [9.17, 15) is 28.2 Å². The highest BCUT2D eigenvalue weighted by atomic mass is 32.2. The first-order valence-corrected chi connectivity index (χ1v) is 11.6. The van der Waals surface area contributed by atoms with Crippen molar-refractivity contribution in [3.05, 3.63) is 35.9 Å². The van der Waals surface area contributed by atoms with Gasteiger partial charge in [0.1, 0.15) is 11.6 Å². The number of carboxylic acid groups (broad SMARTS) is 1. The minimum Gasteiger partial charge on any atom is -0.480 e. The molecule has 0 fully saturated rings. The first-order valence-electron chi connectivity index (χ1n) is 10.1. The van der Waals surface area contributed by atoms with Gasteiger partial charge in [-0.2, -0.15) is 13.1 Å². The fourth-order valence-electron chi connectivity index (χ4n) is 2.55. The van der Waals surface area contributed by atoms with E-state index in [1.807, 2.05) is 30.3 Å². The van der Waals surface area contributed by atoms with Gasteiger partial charge in [0.2, 0.25) is 5.91 Å². The van der Waals surface area contributed by atoms with Crippen molar-refractivity contribution in [1.29, 1.82) is 0 Å². The average Bonchev–Trinajstić information content (AvgIpc) is 2.63. The third kappa shape index (κ3) is 12.6. The zero-order chi connectivity index (χ0) is 24.4. The minimum absolute atomic E-state index is 0.0225. The Labute approximate surface area is 188 Å². The minimum atomic E-state index is -4.10. The Hall–Kier alpha value is -2.25. The third-order valence-electron chi connectivity index (χ3n) is 3.93. The molecule has 1 amide bonds. The van der Waals surface area contributed by atoms with Crippen molar-refractivity contribution in [2.24, 2.45) is 0 Å². The number of carboxylic acids is 1. The zero-order valence-electron chi connectivity index (χ0n) is 18.8. The summed E-state index contributed by atoms with van der Waals surface area (Å²) in [5.41, 5.74) is -0.0292. The molecule has 1 aromatic carbocycles. The highest BCUT2D eigenvalue weighted by Crippen LogP contribution is 2.12. The van der Waals surface area contributed by atoms with E-state index < -0.39 is 39.8 Å². The summed E-state index contributed by atoms with van der Waals surface area (Å²) in [5, 5.41) is 22.3. The molecule has 0 saturated heterocycles. The summed E-state index contributed by atoms with van der Waals surface area (Å²) in [4.78, 5) is 23.1. The zero-order valence-corrected chi connectivity index (χ0v) is 19.6. The Balaban J connectivity index is 2.40. The number of benzene rings is 1. The number of hydrogen-bond acceptors (Lipinski definition) is 8. The van der Waals surface area contributed by atoms with Gasteiger partial charge in [-0.25, -0.2) is 9.52 Å². The molecule has 2 atom stereocenters. The molecule has 12 heteroatoms. The predicted octanol–water partition coefficient (Wildman–Crippen LogP) is 1.44. The molecule has 182 valence electrons. The quantitative estimate of drug-likeness (QED) is 0.210. The standard InChI is InChI=1S/C20H33N3O8S/c1-19(2,3)31-18(26)23-32(28,29)21-13-9-8-12-16(17(24)25)22-20(4,27)30-14-15-10-6-5-7-11-15/h5-7,10-11,16,21-22,27H,8-9,12-14H2,1-4H3,(H,23,26)(H,24,25)/t16-,20?/m1/s1. The van der Waals surface area contributed by atoms with Gasteiger partial charge < -0.3 is 19.7 Å². The van der Waals surface area contributed by atoms with Crippen molar-refractivity contribution in [3.63, 3.8) is 0 Å². The Kier molecular flexibility index (Phi) is 10.5. The lowest BCUT2D eigenvalue weighted by Crippen LogP contribution is -2.53. The van der Waals surface area contributed by atoms with Gasteiger partial charge in [0.05, 0.1) is 6.61 Å². The van der Waals surface area contributed by atoms with E-state index in [2.05, 4.69) is 10.0 Å². The molecule has 5 N–H and O–H groups in total. The Morgan fingerprint density at radius 2 is 1.72 bits per heavy atom. The first kappa shape index (κ1) is 27.8. The fraction of sp³-hybridized carbons (Fsp3) is 0.600. The number of unbranched alkanes of at least 4 members (excludes halogenated alkanes) is 1. The SMILES string of the molecule is CC(C)(C)OC(=O)NS(=O)(=O)NCCCC[C@@H](NC(C)(O)OCc1ccccc1)C(=O)O. The van der Waals surface area contributed by atoms with Gasteiger partial charge in [-0.3, -0.25) is 10.1 Å². The molecule has 0 spiro atoms. The first-order chi connectivity index (χ1) is 14.7. The van der Waals surface area contributed by atoms with Gasteiger partial charge in [0, 0.05) is 13.5 Å². The van der Waals surface area contributed by atoms with Crippen molar-refractivity contribution in [3.8, 4) is 0 Å².